The van der Waals surface area contributed by atoms with E-state index >= 15 is 0 Å². The first kappa shape index (κ1) is 14.1. The van der Waals surface area contributed by atoms with Gasteiger partial charge in [-0.2, -0.15) is 5.21 Å². The van der Waals surface area contributed by atoms with Gasteiger partial charge in [0.15, 0.2) is 0 Å². The second-order valence-electron chi connectivity index (χ2n) is 4.64. The Labute approximate surface area is 114 Å². The molecule has 106 valence electrons. The van der Waals surface area contributed by atoms with Crippen molar-refractivity contribution in [1.29, 1.82) is 0 Å². The number of nitrogens with zero attached hydrogens (tertiary/aromatic N) is 3. The number of rotatable bonds is 5. The van der Waals surface area contributed by atoms with Gasteiger partial charge in [-0.3, -0.25) is 4.79 Å². The van der Waals surface area contributed by atoms with Gasteiger partial charge in [-0.05, 0) is 24.3 Å². The van der Waals surface area contributed by atoms with Crippen molar-refractivity contribution >= 4 is 5.91 Å². The van der Waals surface area contributed by atoms with Crippen LogP contribution in [0.3, 0.4) is 0 Å². The number of aromatic amines is 1. The molecule has 8 nitrogen and oxygen atoms in total. The minimum Gasteiger partial charge on any atom is -0.394 e. The van der Waals surface area contributed by atoms with Crippen LogP contribution in [0.15, 0.2) is 24.3 Å². The third kappa shape index (κ3) is 2.98. The zero-order valence-corrected chi connectivity index (χ0v) is 10.9. The van der Waals surface area contributed by atoms with E-state index in [1.54, 1.807) is 31.2 Å². The molecule has 1 heterocycles. The molecule has 0 bridgehead atoms. The molecule has 0 aliphatic carbocycles. The number of tetrazole rings is 1. The van der Waals surface area contributed by atoms with Crippen molar-refractivity contribution in [1.82, 2.24) is 25.9 Å². The number of aliphatic hydroxyl groups is 2. The number of aromatic nitrogens is 4. The highest BCUT2D eigenvalue weighted by atomic mass is 16.3. The molecule has 0 aliphatic rings. The molecule has 2 rings (SSSR count). The van der Waals surface area contributed by atoms with Crippen LogP contribution in [0, 0.1) is 0 Å². The molecule has 4 N–H and O–H groups in total. The van der Waals surface area contributed by atoms with Crippen LogP contribution in [-0.4, -0.2) is 55.5 Å². The third-order valence-electron chi connectivity index (χ3n) is 2.86. The lowest BCUT2D eigenvalue weighted by Gasteiger charge is -2.26. The Balaban J connectivity index is 2.12. The fourth-order valence-electron chi connectivity index (χ4n) is 1.53. The molecule has 0 saturated carbocycles. The van der Waals surface area contributed by atoms with Gasteiger partial charge in [0.1, 0.15) is 0 Å². The SMILES string of the molecule is CC(CO)(CO)NC(=O)c1ccc(-c2nn[nH]n2)cc1. The van der Waals surface area contributed by atoms with Crippen LogP contribution in [0.4, 0.5) is 0 Å². The summed E-state index contributed by atoms with van der Waals surface area (Å²) in [6, 6.07) is 6.59. The highest BCUT2D eigenvalue weighted by molar-refractivity contribution is 5.95. The van der Waals surface area contributed by atoms with E-state index in [0.717, 1.165) is 5.56 Å². The van der Waals surface area contributed by atoms with Crippen LogP contribution in [0.1, 0.15) is 17.3 Å². The summed E-state index contributed by atoms with van der Waals surface area (Å²) in [5.74, 6) is 0.0581. The Morgan fingerprint density at radius 1 is 1.30 bits per heavy atom. The number of nitrogens with one attached hydrogen (secondary N) is 2. The molecule has 1 amide bonds. The Morgan fingerprint density at radius 3 is 2.45 bits per heavy atom. The minimum atomic E-state index is -1.05. The molecule has 0 aliphatic heterocycles. The lowest BCUT2D eigenvalue weighted by atomic mass is 10.0. The topological polar surface area (TPSA) is 124 Å². The van der Waals surface area contributed by atoms with Crippen LogP contribution in [0.25, 0.3) is 11.4 Å². The fraction of sp³-hybridized carbons (Fsp3) is 0.333. The first-order chi connectivity index (χ1) is 9.58. The molecule has 20 heavy (non-hydrogen) atoms. The third-order valence-corrected chi connectivity index (χ3v) is 2.86. The number of carbonyl (C=O) groups excluding carboxylic acids is 1. The van der Waals surface area contributed by atoms with Gasteiger partial charge in [-0.25, -0.2) is 0 Å². The Bertz CT molecular complexity index is 563. The quantitative estimate of drug-likeness (QED) is 0.575. The predicted molar refractivity (Wildman–Crippen MR) is 69.7 cm³/mol. The number of benzene rings is 1. The smallest absolute Gasteiger partial charge is 0.251 e. The minimum absolute atomic E-state index is 0.351. The summed E-state index contributed by atoms with van der Waals surface area (Å²) in [5.41, 5.74) is 0.0800. The lowest BCUT2D eigenvalue weighted by molar-refractivity contribution is 0.0724. The van der Waals surface area contributed by atoms with Crippen LogP contribution in [-0.2, 0) is 0 Å². The predicted octanol–water partition coefficient (Wildman–Crippen LogP) is -0.660. The molecular weight excluding hydrogens is 262 g/mol. The second kappa shape index (κ2) is 5.76. The summed E-state index contributed by atoms with van der Waals surface area (Å²) in [7, 11) is 0. The van der Waals surface area contributed by atoms with E-state index in [1.165, 1.54) is 0 Å². The Hall–Kier alpha value is -2.32. The van der Waals surface area contributed by atoms with E-state index in [2.05, 4.69) is 25.9 Å². The summed E-state index contributed by atoms with van der Waals surface area (Å²) in [5, 5.41) is 34.3. The van der Waals surface area contributed by atoms with Crippen molar-refractivity contribution in [2.24, 2.45) is 0 Å². The Kier molecular flexibility index (Phi) is 4.06. The molecule has 8 heteroatoms. The van der Waals surface area contributed by atoms with Crippen molar-refractivity contribution in [3.05, 3.63) is 29.8 Å². The van der Waals surface area contributed by atoms with E-state index in [9.17, 15) is 4.79 Å². The average molecular weight is 277 g/mol. The van der Waals surface area contributed by atoms with Gasteiger partial charge in [-0.15, -0.1) is 10.2 Å². The number of hydrogen-bond acceptors (Lipinski definition) is 6. The van der Waals surface area contributed by atoms with Crippen molar-refractivity contribution in [3.63, 3.8) is 0 Å². The van der Waals surface area contributed by atoms with Crippen molar-refractivity contribution < 1.29 is 15.0 Å². The molecule has 1 aromatic carbocycles. The Morgan fingerprint density at radius 2 is 1.95 bits per heavy atom. The van der Waals surface area contributed by atoms with Crippen molar-refractivity contribution in [3.8, 4) is 11.4 Å². The molecular formula is C12H15N5O3. The van der Waals surface area contributed by atoms with Crippen molar-refractivity contribution in [2.75, 3.05) is 13.2 Å². The molecule has 0 atom stereocenters. The standard InChI is InChI=1S/C12H15N5O3/c1-12(6-18,7-19)13-11(20)9-4-2-8(3-5-9)10-14-16-17-15-10/h2-5,18-19H,6-7H2,1H3,(H,13,20)(H,14,15,16,17). The van der Waals surface area contributed by atoms with Gasteiger partial charge in [0.05, 0.1) is 18.8 Å². The van der Waals surface area contributed by atoms with Crippen LogP contribution < -0.4 is 5.32 Å². The molecule has 2 aromatic rings. The molecule has 0 saturated heterocycles. The first-order valence-corrected chi connectivity index (χ1v) is 5.96. The molecule has 0 unspecified atom stereocenters. The van der Waals surface area contributed by atoms with Gasteiger partial charge in [0.2, 0.25) is 5.82 Å². The van der Waals surface area contributed by atoms with Gasteiger partial charge in [0.25, 0.3) is 5.91 Å². The number of H-pyrrole nitrogens is 1. The second-order valence-corrected chi connectivity index (χ2v) is 4.64. The number of amides is 1. The lowest BCUT2D eigenvalue weighted by Crippen LogP contribution is -2.51. The average Bonchev–Trinajstić information content (AvgIpc) is 3.01. The number of carbonyl (C=O) groups is 1. The highest BCUT2D eigenvalue weighted by Gasteiger charge is 2.25. The zero-order chi connectivity index (χ0) is 14.6. The van der Waals surface area contributed by atoms with Gasteiger partial charge in [0, 0.05) is 11.1 Å². The molecule has 1 aromatic heterocycles. The summed E-state index contributed by atoms with van der Waals surface area (Å²) >= 11 is 0. The van der Waals surface area contributed by atoms with E-state index in [1.807, 2.05) is 0 Å². The number of hydrogen-bond donors (Lipinski definition) is 4. The maximum Gasteiger partial charge on any atom is 0.251 e. The summed E-state index contributed by atoms with van der Waals surface area (Å²) in [4.78, 5) is 12.0. The van der Waals surface area contributed by atoms with E-state index < -0.39 is 5.54 Å². The summed E-state index contributed by atoms with van der Waals surface area (Å²) in [6.45, 7) is 0.852. The van der Waals surface area contributed by atoms with Gasteiger partial charge in [-0.1, -0.05) is 12.1 Å². The fourth-order valence-corrected chi connectivity index (χ4v) is 1.53. The summed E-state index contributed by atoms with van der Waals surface area (Å²) in [6.07, 6.45) is 0. The first-order valence-electron chi connectivity index (χ1n) is 5.96. The molecule has 0 spiro atoms. The monoisotopic (exact) mass is 277 g/mol. The zero-order valence-electron chi connectivity index (χ0n) is 10.9. The van der Waals surface area contributed by atoms with Gasteiger partial charge >= 0.3 is 0 Å². The van der Waals surface area contributed by atoms with E-state index in [0.29, 0.717) is 11.4 Å². The highest BCUT2D eigenvalue weighted by Crippen LogP contribution is 2.14. The normalized spacial score (nSPS) is 11.3. The summed E-state index contributed by atoms with van der Waals surface area (Å²) < 4.78 is 0. The molecule has 0 fully saturated rings. The largest absolute Gasteiger partial charge is 0.394 e. The number of aliphatic hydroxyl groups excluding tert-OH is 2. The van der Waals surface area contributed by atoms with Gasteiger partial charge < -0.3 is 15.5 Å². The van der Waals surface area contributed by atoms with Crippen LogP contribution in [0.5, 0.6) is 0 Å². The van der Waals surface area contributed by atoms with E-state index in [-0.39, 0.29) is 19.1 Å². The maximum atomic E-state index is 12.0. The molecule has 0 radical (unpaired) electrons. The van der Waals surface area contributed by atoms with Crippen LogP contribution in [0.2, 0.25) is 0 Å². The van der Waals surface area contributed by atoms with E-state index in [4.69, 9.17) is 10.2 Å². The van der Waals surface area contributed by atoms with Crippen LogP contribution >= 0.6 is 0 Å². The maximum absolute atomic E-state index is 12.0. The van der Waals surface area contributed by atoms with Crippen molar-refractivity contribution in [2.45, 2.75) is 12.5 Å².